The number of rotatable bonds is 6. The number of ketones is 1. The van der Waals surface area contributed by atoms with E-state index in [1.165, 1.54) is 19.2 Å². The van der Waals surface area contributed by atoms with Crippen molar-refractivity contribution in [3.63, 3.8) is 0 Å². The highest BCUT2D eigenvalue weighted by Crippen LogP contribution is 2.18. The van der Waals surface area contributed by atoms with Crippen LogP contribution < -0.4 is 4.74 Å². The van der Waals surface area contributed by atoms with E-state index in [9.17, 15) is 9.18 Å². The highest BCUT2D eigenvalue weighted by atomic mass is 19.1. The number of ether oxygens (including phenoxy) is 1. The minimum absolute atomic E-state index is 0.0412. The highest BCUT2D eigenvalue weighted by Gasteiger charge is 2.19. The number of piperazine rings is 1. The van der Waals surface area contributed by atoms with Gasteiger partial charge in [0.05, 0.1) is 13.7 Å². The molecule has 1 fully saturated rings. The summed E-state index contributed by atoms with van der Waals surface area (Å²) in [6, 6.07) is 4.38. The van der Waals surface area contributed by atoms with E-state index in [1.807, 2.05) is 0 Å². The molecule has 1 aliphatic heterocycles. The zero-order chi connectivity index (χ0) is 15.2. The van der Waals surface area contributed by atoms with Gasteiger partial charge < -0.3 is 9.64 Å². The summed E-state index contributed by atoms with van der Waals surface area (Å²) in [4.78, 5) is 16.8. The summed E-state index contributed by atoms with van der Waals surface area (Å²) >= 11 is 0. The van der Waals surface area contributed by atoms with Crippen molar-refractivity contribution < 1.29 is 13.9 Å². The lowest BCUT2D eigenvalue weighted by atomic mass is 10.1. The van der Waals surface area contributed by atoms with Crippen molar-refractivity contribution in [2.45, 2.75) is 13.3 Å². The van der Waals surface area contributed by atoms with E-state index in [1.54, 1.807) is 6.07 Å². The summed E-state index contributed by atoms with van der Waals surface area (Å²) in [5.41, 5.74) is 0.407. The van der Waals surface area contributed by atoms with Gasteiger partial charge in [-0.15, -0.1) is 0 Å². The molecule has 1 heterocycles. The second kappa shape index (κ2) is 7.52. The van der Waals surface area contributed by atoms with Gasteiger partial charge in [-0.05, 0) is 31.2 Å². The lowest BCUT2D eigenvalue weighted by Crippen LogP contribution is -2.47. The van der Waals surface area contributed by atoms with Crippen LogP contribution in [-0.4, -0.2) is 62.0 Å². The van der Waals surface area contributed by atoms with Crippen molar-refractivity contribution in [3.05, 3.63) is 29.6 Å². The Hall–Kier alpha value is -1.46. The standard InChI is InChI=1S/C16H23FN2O2/c1-3-6-18-7-9-19(10-8-18)12-15(20)13-4-5-16(21-2)14(17)11-13/h4-5,11H,3,6-10,12H2,1-2H3. The Morgan fingerprint density at radius 2 is 1.90 bits per heavy atom. The number of methoxy groups -OCH3 is 1. The molecule has 21 heavy (non-hydrogen) atoms. The molecule has 0 spiro atoms. The van der Waals surface area contributed by atoms with Gasteiger partial charge in [0.1, 0.15) is 0 Å². The third-order valence-corrected chi connectivity index (χ3v) is 3.85. The van der Waals surface area contributed by atoms with Crippen LogP contribution in [-0.2, 0) is 0 Å². The van der Waals surface area contributed by atoms with Crippen LogP contribution in [0.15, 0.2) is 18.2 Å². The fourth-order valence-electron chi connectivity index (χ4n) is 2.62. The summed E-state index contributed by atoms with van der Waals surface area (Å²) in [5.74, 6) is -0.365. The molecule has 0 amide bonds. The Morgan fingerprint density at radius 1 is 1.24 bits per heavy atom. The van der Waals surface area contributed by atoms with Crippen LogP contribution in [0.5, 0.6) is 5.75 Å². The van der Waals surface area contributed by atoms with Gasteiger partial charge in [0.15, 0.2) is 17.3 Å². The van der Waals surface area contributed by atoms with Gasteiger partial charge >= 0.3 is 0 Å². The first-order valence-corrected chi connectivity index (χ1v) is 7.45. The summed E-state index contributed by atoms with van der Waals surface area (Å²) in [6.45, 7) is 7.43. The molecular weight excluding hydrogens is 271 g/mol. The van der Waals surface area contributed by atoms with Crippen LogP contribution in [0, 0.1) is 5.82 Å². The molecule has 0 aromatic heterocycles. The van der Waals surface area contributed by atoms with E-state index in [2.05, 4.69) is 16.7 Å². The highest BCUT2D eigenvalue weighted by molar-refractivity contribution is 5.97. The monoisotopic (exact) mass is 294 g/mol. The Balaban J connectivity index is 1.89. The van der Waals surface area contributed by atoms with Gasteiger partial charge in [0.2, 0.25) is 0 Å². The molecule has 1 aromatic carbocycles. The summed E-state index contributed by atoms with van der Waals surface area (Å²) < 4.78 is 18.5. The molecule has 1 saturated heterocycles. The number of benzene rings is 1. The van der Waals surface area contributed by atoms with E-state index < -0.39 is 5.82 Å². The summed E-state index contributed by atoms with van der Waals surface area (Å²) in [7, 11) is 1.41. The molecule has 0 unspecified atom stereocenters. The Kier molecular flexibility index (Phi) is 5.70. The molecule has 5 heteroatoms. The number of hydrogen-bond donors (Lipinski definition) is 0. The maximum atomic E-state index is 13.6. The van der Waals surface area contributed by atoms with Crippen LogP contribution in [0.4, 0.5) is 4.39 Å². The molecule has 1 aliphatic rings. The van der Waals surface area contributed by atoms with Crippen LogP contribution >= 0.6 is 0 Å². The van der Waals surface area contributed by atoms with Gasteiger partial charge in [-0.1, -0.05) is 6.92 Å². The van der Waals surface area contributed by atoms with E-state index in [4.69, 9.17) is 4.74 Å². The largest absolute Gasteiger partial charge is 0.494 e. The average molecular weight is 294 g/mol. The SMILES string of the molecule is CCCN1CCN(CC(=O)c2ccc(OC)c(F)c2)CC1. The van der Waals surface area contributed by atoms with Gasteiger partial charge in [-0.3, -0.25) is 9.69 Å². The van der Waals surface area contributed by atoms with Crippen molar-refractivity contribution in [1.29, 1.82) is 0 Å². The third kappa shape index (κ3) is 4.25. The average Bonchev–Trinajstić information content (AvgIpc) is 2.49. The fourth-order valence-corrected chi connectivity index (χ4v) is 2.62. The number of halogens is 1. The van der Waals surface area contributed by atoms with Crippen LogP contribution in [0.3, 0.4) is 0 Å². The number of Topliss-reactive ketones (excluding diaryl/α,β-unsaturated/α-hetero) is 1. The van der Waals surface area contributed by atoms with E-state index in [0.717, 1.165) is 39.1 Å². The molecule has 1 aromatic rings. The van der Waals surface area contributed by atoms with Gasteiger partial charge in [-0.2, -0.15) is 0 Å². The van der Waals surface area contributed by atoms with Crippen molar-refractivity contribution in [1.82, 2.24) is 9.80 Å². The molecule has 0 radical (unpaired) electrons. The first-order chi connectivity index (χ1) is 10.1. The molecule has 4 nitrogen and oxygen atoms in total. The summed E-state index contributed by atoms with van der Waals surface area (Å²) in [5, 5.41) is 0. The normalized spacial score (nSPS) is 16.9. The second-order valence-electron chi connectivity index (χ2n) is 5.39. The topological polar surface area (TPSA) is 32.8 Å². The fraction of sp³-hybridized carbons (Fsp3) is 0.562. The lowest BCUT2D eigenvalue weighted by molar-refractivity contribution is 0.0852. The second-order valence-corrected chi connectivity index (χ2v) is 5.39. The molecule has 2 rings (SSSR count). The van der Waals surface area contributed by atoms with E-state index in [0.29, 0.717) is 12.1 Å². The van der Waals surface area contributed by atoms with Gasteiger partial charge in [0.25, 0.3) is 0 Å². The molecule has 0 bridgehead atoms. The predicted molar refractivity (Wildman–Crippen MR) is 80.5 cm³/mol. The Bertz CT molecular complexity index is 485. The molecular formula is C16H23FN2O2. The summed E-state index contributed by atoms with van der Waals surface area (Å²) in [6.07, 6.45) is 1.16. The first kappa shape index (κ1) is 15.9. The Morgan fingerprint density at radius 3 is 2.48 bits per heavy atom. The van der Waals surface area contributed by atoms with Crippen LogP contribution in [0.2, 0.25) is 0 Å². The van der Waals surface area contributed by atoms with Crippen molar-refractivity contribution in [2.24, 2.45) is 0 Å². The van der Waals surface area contributed by atoms with Crippen molar-refractivity contribution in [2.75, 3.05) is 46.4 Å². The maximum absolute atomic E-state index is 13.6. The van der Waals surface area contributed by atoms with Crippen LogP contribution in [0.1, 0.15) is 23.7 Å². The zero-order valence-electron chi connectivity index (χ0n) is 12.8. The number of nitrogens with zero attached hydrogens (tertiary/aromatic N) is 2. The lowest BCUT2D eigenvalue weighted by Gasteiger charge is -2.34. The number of hydrogen-bond acceptors (Lipinski definition) is 4. The first-order valence-electron chi connectivity index (χ1n) is 7.45. The molecule has 0 N–H and O–H groups in total. The van der Waals surface area contributed by atoms with E-state index >= 15 is 0 Å². The molecule has 0 aliphatic carbocycles. The molecule has 0 atom stereocenters. The minimum atomic E-state index is -0.490. The quantitative estimate of drug-likeness (QED) is 0.752. The smallest absolute Gasteiger partial charge is 0.176 e. The van der Waals surface area contributed by atoms with Crippen molar-refractivity contribution in [3.8, 4) is 5.75 Å². The Labute approximate surface area is 125 Å². The predicted octanol–water partition coefficient (Wildman–Crippen LogP) is 2.04. The number of carbonyl (C=O) groups excluding carboxylic acids is 1. The number of carbonyl (C=O) groups is 1. The maximum Gasteiger partial charge on any atom is 0.176 e. The third-order valence-electron chi connectivity index (χ3n) is 3.85. The molecule has 116 valence electrons. The minimum Gasteiger partial charge on any atom is -0.494 e. The van der Waals surface area contributed by atoms with Gasteiger partial charge in [-0.25, -0.2) is 4.39 Å². The van der Waals surface area contributed by atoms with E-state index in [-0.39, 0.29) is 11.5 Å². The van der Waals surface area contributed by atoms with Crippen LogP contribution in [0.25, 0.3) is 0 Å². The van der Waals surface area contributed by atoms with Gasteiger partial charge in [0, 0.05) is 31.7 Å². The van der Waals surface area contributed by atoms with Crippen molar-refractivity contribution >= 4 is 5.78 Å². The zero-order valence-corrected chi connectivity index (χ0v) is 12.8. The molecule has 0 saturated carbocycles.